The molecule has 0 saturated heterocycles. The minimum Gasteiger partial charge on any atom is -0.465 e. The molecule has 32 heavy (non-hydrogen) atoms. The third kappa shape index (κ3) is 4.00. The number of imidazole rings is 1. The lowest BCUT2D eigenvalue weighted by molar-refractivity contribution is 0.0601. The lowest BCUT2D eigenvalue weighted by Gasteiger charge is -2.12. The van der Waals surface area contributed by atoms with Crippen LogP contribution in [0.4, 0.5) is 0 Å². The zero-order valence-corrected chi connectivity index (χ0v) is 18.6. The molecule has 0 fully saturated rings. The number of hydrogen-bond acceptors (Lipinski definition) is 4. The van der Waals surface area contributed by atoms with Crippen LogP contribution in [0.3, 0.4) is 0 Å². The number of ether oxygens (including phenoxy) is 1. The van der Waals surface area contributed by atoms with Gasteiger partial charge in [0.15, 0.2) is 0 Å². The number of esters is 1. The van der Waals surface area contributed by atoms with Crippen LogP contribution in [0.15, 0.2) is 60.7 Å². The van der Waals surface area contributed by atoms with E-state index in [0.717, 1.165) is 52.0 Å². The second-order valence-corrected chi connectivity index (χ2v) is 7.87. The lowest BCUT2D eigenvalue weighted by Crippen LogP contribution is -2.05. The molecule has 4 rings (SSSR count). The molecule has 160 valence electrons. The maximum atomic E-state index is 12.1. The van der Waals surface area contributed by atoms with E-state index in [9.17, 15) is 10.1 Å². The first-order valence-electron chi connectivity index (χ1n) is 10.7. The van der Waals surface area contributed by atoms with E-state index in [1.807, 2.05) is 49.4 Å². The minimum absolute atomic E-state index is 0.345. The highest BCUT2D eigenvalue weighted by molar-refractivity contribution is 5.97. The average Bonchev–Trinajstić information content (AvgIpc) is 3.16. The Balaban J connectivity index is 1.72. The molecule has 4 aromatic rings. The first-order valence-corrected chi connectivity index (χ1v) is 10.7. The lowest BCUT2D eigenvalue weighted by atomic mass is 9.98. The normalized spacial score (nSPS) is 10.8. The Morgan fingerprint density at radius 3 is 2.56 bits per heavy atom. The number of hydrogen-bond donors (Lipinski definition) is 0. The highest BCUT2D eigenvalue weighted by Crippen LogP contribution is 2.27. The molecular weight excluding hydrogens is 398 g/mol. The number of nitrogens with zero attached hydrogens (tertiary/aromatic N) is 3. The van der Waals surface area contributed by atoms with E-state index >= 15 is 0 Å². The fourth-order valence-electron chi connectivity index (χ4n) is 4.09. The summed E-state index contributed by atoms with van der Waals surface area (Å²) in [4.78, 5) is 17.0. The summed E-state index contributed by atoms with van der Waals surface area (Å²) < 4.78 is 7.14. The number of benzene rings is 3. The first-order chi connectivity index (χ1) is 15.5. The summed E-state index contributed by atoms with van der Waals surface area (Å²) in [7, 11) is 1.39. The van der Waals surface area contributed by atoms with Gasteiger partial charge < -0.3 is 9.30 Å². The fraction of sp³-hybridized carbons (Fsp3) is 0.222. The zero-order valence-electron chi connectivity index (χ0n) is 18.6. The number of nitriles is 1. The van der Waals surface area contributed by atoms with Crippen molar-refractivity contribution >= 4 is 17.0 Å². The molecule has 0 spiro atoms. The minimum atomic E-state index is -0.345. The fourth-order valence-corrected chi connectivity index (χ4v) is 4.09. The summed E-state index contributed by atoms with van der Waals surface area (Å²) in [5.74, 6) is 0.684. The summed E-state index contributed by atoms with van der Waals surface area (Å²) >= 11 is 0. The molecular formula is C27H25N3O2. The van der Waals surface area contributed by atoms with Gasteiger partial charge in [0.2, 0.25) is 0 Å². The van der Waals surface area contributed by atoms with Gasteiger partial charge in [0.25, 0.3) is 0 Å². The van der Waals surface area contributed by atoms with Gasteiger partial charge in [-0.2, -0.15) is 5.26 Å². The van der Waals surface area contributed by atoms with Crippen molar-refractivity contribution < 1.29 is 9.53 Å². The predicted molar refractivity (Wildman–Crippen MR) is 125 cm³/mol. The largest absolute Gasteiger partial charge is 0.465 e. The van der Waals surface area contributed by atoms with Crippen molar-refractivity contribution in [3.8, 4) is 17.2 Å². The van der Waals surface area contributed by atoms with Crippen LogP contribution in [0.1, 0.15) is 46.2 Å². The maximum Gasteiger partial charge on any atom is 0.338 e. The van der Waals surface area contributed by atoms with Gasteiger partial charge in [0.05, 0.1) is 35.3 Å². The van der Waals surface area contributed by atoms with Gasteiger partial charge in [-0.05, 0) is 53.8 Å². The zero-order chi connectivity index (χ0) is 22.7. The summed E-state index contributed by atoms with van der Waals surface area (Å²) in [6.07, 6.45) is 1.87. The third-order valence-corrected chi connectivity index (χ3v) is 5.66. The van der Waals surface area contributed by atoms with E-state index in [1.165, 1.54) is 7.11 Å². The molecule has 1 aromatic heterocycles. The summed E-state index contributed by atoms with van der Waals surface area (Å²) in [6, 6.07) is 21.7. The summed E-state index contributed by atoms with van der Waals surface area (Å²) in [6.45, 7) is 4.81. The van der Waals surface area contributed by atoms with E-state index < -0.39 is 0 Å². The summed E-state index contributed by atoms with van der Waals surface area (Å²) in [5.41, 5.74) is 7.09. The smallest absolute Gasteiger partial charge is 0.338 e. The highest BCUT2D eigenvalue weighted by Gasteiger charge is 2.15. The molecule has 5 heteroatoms. The molecule has 0 aliphatic heterocycles. The summed E-state index contributed by atoms with van der Waals surface area (Å²) in [5, 5.41) is 9.42. The van der Waals surface area contributed by atoms with E-state index in [2.05, 4.69) is 29.7 Å². The molecule has 0 aliphatic carbocycles. The predicted octanol–water partition coefficient (Wildman–Crippen LogP) is 5.67. The Hall–Kier alpha value is -3.91. The molecule has 0 radical (unpaired) electrons. The van der Waals surface area contributed by atoms with E-state index in [1.54, 1.807) is 6.07 Å². The topological polar surface area (TPSA) is 67.9 Å². The molecule has 0 amide bonds. The van der Waals surface area contributed by atoms with E-state index in [-0.39, 0.29) is 5.97 Å². The van der Waals surface area contributed by atoms with Gasteiger partial charge in [-0.3, -0.25) is 0 Å². The van der Waals surface area contributed by atoms with Crippen LogP contribution >= 0.6 is 0 Å². The number of carbonyl (C=O) groups is 1. The molecule has 3 aromatic carbocycles. The number of aromatic nitrogens is 2. The number of aryl methyl sites for hydroxylation is 2. The van der Waals surface area contributed by atoms with Crippen molar-refractivity contribution in [2.24, 2.45) is 0 Å². The van der Waals surface area contributed by atoms with Gasteiger partial charge in [0.1, 0.15) is 5.82 Å². The second-order valence-electron chi connectivity index (χ2n) is 7.87. The molecule has 0 atom stereocenters. The Bertz CT molecular complexity index is 1330. The average molecular weight is 424 g/mol. The van der Waals surface area contributed by atoms with Crippen molar-refractivity contribution in [3.05, 3.63) is 88.7 Å². The third-order valence-electron chi connectivity index (χ3n) is 5.66. The van der Waals surface area contributed by atoms with Gasteiger partial charge in [0, 0.05) is 13.0 Å². The standard InChI is InChI=1S/C27H25N3O2/c1-4-7-25-29-26-18(2)14-20(16-28)15-24(26)30(25)17-19-10-12-21(13-11-19)22-8-5-6-9-23(22)27(31)32-3/h5-6,8-15H,4,7,17H2,1-3H3. The monoisotopic (exact) mass is 423 g/mol. The molecule has 5 nitrogen and oxygen atoms in total. The number of rotatable bonds is 6. The van der Waals surface area contributed by atoms with Crippen LogP contribution in [0.25, 0.3) is 22.2 Å². The Labute approximate surface area is 187 Å². The van der Waals surface area contributed by atoms with Crippen LogP contribution < -0.4 is 0 Å². The molecule has 0 unspecified atom stereocenters. The second kappa shape index (κ2) is 9.07. The Morgan fingerprint density at radius 1 is 1.12 bits per heavy atom. The highest BCUT2D eigenvalue weighted by atomic mass is 16.5. The SMILES string of the molecule is CCCc1nc2c(C)cc(C#N)cc2n1Cc1ccc(-c2ccccc2C(=O)OC)cc1. The van der Waals surface area contributed by atoms with E-state index in [0.29, 0.717) is 17.7 Å². The molecule has 0 N–H and O–H groups in total. The molecule has 1 heterocycles. The van der Waals surface area contributed by atoms with Gasteiger partial charge in [-0.25, -0.2) is 9.78 Å². The van der Waals surface area contributed by atoms with Crippen LogP contribution in [0.2, 0.25) is 0 Å². The molecule has 0 saturated carbocycles. The van der Waals surface area contributed by atoms with Crippen LogP contribution in [0, 0.1) is 18.3 Å². The van der Waals surface area contributed by atoms with Crippen LogP contribution in [-0.2, 0) is 17.7 Å². The first kappa shape index (κ1) is 21.3. The Kier molecular flexibility index (Phi) is 6.04. The van der Waals surface area contributed by atoms with E-state index in [4.69, 9.17) is 9.72 Å². The van der Waals surface area contributed by atoms with Gasteiger partial charge >= 0.3 is 5.97 Å². The maximum absolute atomic E-state index is 12.1. The molecule has 0 aliphatic rings. The van der Waals surface area contributed by atoms with Crippen molar-refractivity contribution in [2.45, 2.75) is 33.2 Å². The van der Waals surface area contributed by atoms with Crippen molar-refractivity contribution in [1.29, 1.82) is 5.26 Å². The number of methoxy groups -OCH3 is 1. The van der Waals surface area contributed by atoms with Crippen molar-refractivity contribution in [2.75, 3.05) is 7.11 Å². The van der Waals surface area contributed by atoms with Crippen LogP contribution in [0.5, 0.6) is 0 Å². The number of fused-ring (bicyclic) bond motifs is 1. The number of carbonyl (C=O) groups excluding carboxylic acids is 1. The Morgan fingerprint density at radius 2 is 1.88 bits per heavy atom. The van der Waals surface area contributed by atoms with Gasteiger partial charge in [-0.15, -0.1) is 0 Å². The quantitative estimate of drug-likeness (QED) is 0.375. The van der Waals surface area contributed by atoms with Crippen molar-refractivity contribution in [1.82, 2.24) is 9.55 Å². The molecule has 0 bridgehead atoms. The van der Waals surface area contributed by atoms with Gasteiger partial charge in [-0.1, -0.05) is 49.4 Å². The van der Waals surface area contributed by atoms with Crippen LogP contribution in [-0.4, -0.2) is 22.6 Å². The van der Waals surface area contributed by atoms with Crippen molar-refractivity contribution in [3.63, 3.8) is 0 Å².